The average molecular weight is 549 g/mol. The lowest BCUT2D eigenvalue weighted by molar-refractivity contribution is 0.00610. The summed E-state index contributed by atoms with van der Waals surface area (Å²) in [5, 5.41) is 43.5. The number of aliphatic hydroxyl groups excluding tert-OH is 1. The van der Waals surface area contributed by atoms with Crippen molar-refractivity contribution in [2.45, 2.75) is 55.6 Å². The molecule has 3 saturated heterocycles. The van der Waals surface area contributed by atoms with E-state index in [1.54, 1.807) is 17.0 Å². The Balaban J connectivity index is 1.23. The second-order valence-electron chi connectivity index (χ2n) is 11.1. The number of nitrogens with one attached hydrogen (secondary N) is 7. The largest absolute Gasteiger partial charge is 0.492 e. The molecular formula is C26H32N10O4. The van der Waals surface area contributed by atoms with Crippen LogP contribution in [-0.2, 0) is 5.41 Å². The summed E-state index contributed by atoms with van der Waals surface area (Å²) in [6.45, 7) is 4.92. The van der Waals surface area contributed by atoms with E-state index >= 15 is 0 Å². The molecule has 2 amide bonds. The number of para-hydroxylation sites is 1. The van der Waals surface area contributed by atoms with Crippen LogP contribution in [0.2, 0.25) is 0 Å². The van der Waals surface area contributed by atoms with Crippen LogP contribution in [-0.4, -0.2) is 93.3 Å². The molecule has 5 heterocycles. The number of aromatic nitrogens is 2. The van der Waals surface area contributed by atoms with Gasteiger partial charge in [0.2, 0.25) is 5.82 Å². The fraction of sp³-hybridized carbons (Fsp3) is 0.462. The number of carbonyl (C=O) groups is 2. The Labute approximate surface area is 230 Å². The number of ether oxygens (including phenoxy) is 1. The molecule has 14 nitrogen and oxygen atoms in total. The van der Waals surface area contributed by atoms with Crippen molar-refractivity contribution in [3.63, 3.8) is 0 Å². The molecule has 1 aromatic heterocycles. The highest BCUT2D eigenvalue weighted by Gasteiger charge is 2.66. The van der Waals surface area contributed by atoms with Gasteiger partial charge in [0.05, 0.1) is 30.3 Å². The molecule has 0 saturated carbocycles. The van der Waals surface area contributed by atoms with Crippen LogP contribution in [0.4, 0.5) is 0 Å². The summed E-state index contributed by atoms with van der Waals surface area (Å²) in [6, 6.07) is 5.14. The zero-order valence-corrected chi connectivity index (χ0v) is 22.1. The molecule has 40 heavy (non-hydrogen) atoms. The molecule has 0 aliphatic carbocycles. The van der Waals surface area contributed by atoms with Crippen LogP contribution < -0.4 is 31.3 Å². The Morgan fingerprint density at radius 1 is 1.18 bits per heavy atom. The molecule has 5 atom stereocenters. The number of hydrogen-bond acceptors (Lipinski definition) is 8. The molecule has 2 unspecified atom stereocenters. The van der Waals surface area contributed by atoms with E-state index < -0.39 is 41.7 Å². The van der Waals surface area contributed by atoms with Crippen molar-refractivity contribution in [1.29, 1.82) is 10.8 Å². The number of benzene rings is 1. The topological polar surface area (TPSA) is 200 Å². The van der Waals surface area contributed by atoms with Crippen LogP contribution in [0.3, 0.4) is 0 Å². The predicted molar refractivity (Wildman–Crippen MR) is 143 cm³/mol. The van der Waals surface area contributed by atoms with Crippen molar-refractivity contribution < 1.29 is 19.4 Å². The monoisotopic (exact) mass is 548 g/mol. The van der Waals surface area contributed by atoms with Gasteiger partial charge in [-0.3, -0.25) is 20.4 Å². The number of guanidine groups is 2. The molecule has 1 spiro atoms. The van der Waals surface area contributed by atoms with Crippen molar-refractivity contribution in [2.75, 3.05) is 19.7 Å². The molecule has 210 valence electrons. The first-order valence-corrected chi connectivity index (χ1v) is 13.2. The van der Waals surface area contributed by atoms with Crippen LogP contribution in [0.25, 0.3) is 0 Å². The summed E-state index contributed by atoms with van der Waals surface area (Å²) >= 11 is 0. The molecule has 3 fully saturated rings. The van der Waals surface area contributed by atoms with Crippen molar-refractivity contribution in [2.24, 2.45) is 0 Å². The maximum atomic E-state index is 13.5. The summed E-state index contributed by atoms with van der Waals surface area (Å²) in [5.41, 5.74) is -0.0916. The molecule has 4 aliphatic heterocycles. The number of fused-ring (bicyclic) bond motifs is 1. The quantitative estimate of drug-likeness (QED) is 0.225. The van der Waals surface area contributed by atoms with Gasteiger partial charge in [0.1, 0.15) is 11.9 Å². The number of rotatable bonds is 5. The number of nitrogens with zero attached hydrogens (tertiary/aromatic N) is 3. The van der Waals surface area contributed by atoms with Gasteiger partial charge < -0.3 is 41.3 Å². The van der Waals surface area contributed by atoms with Crippen molar-refractivity contribution >= 4 is 23.7 Å². The van der Waals surface area contributed by atoms with Gasteiger partial charge in [0.25, 0.3) is 11.8 Å². The second kappa shape index (κ2) is 9.33. The zero-order valence-electron chi connectivity index (χ0n) is 22.1. The van der Waals surface area contributed by atoms with Gasteiger partial charge in [-0.15, -0.1) is 0 Å². The Hall–Kier alpha value is -4.46. The molecule has 0 radical (unpaired) electrons. The minimum atomic E-state index is -1.30. The molecule has 6 rings (SSSR count). The lowest BCUT2D eigenvalue weighted by Gasteiger charge is -2.49. The molecule has 2 aromatic rings. The standard InChI is InChI=1S/C26H32N10O4/c1-25(2)7-10-40-17-13(5-3-6-14(17)25)21(38)32-16-12-36-24(28)33-15(11-31-22(39)20-29-8-4-9-30-20)18-26(36,19(16)37)35-23(27)34-18/h3-6,8-9,15-16,18-19,37H,7,10-12H2,1-2H3,(H2,28,33)(H,31,39)(H,32,38)(H3,27,34,35)/t15-,16?,18-,19+,26?/m0/s1. The summed E-state index contributed by atoms with van der Waals surface area (Å²) in [6.07, 6.45) is 2.57. The van der Waals surface area contributed by atoms with E-state index in [0.29, 0.717) is 17.9 Å². The van der Waals surface area contributed by atoms with E-state index in [9.17, 15) is 14.7 Å². The maximum absolute atomic E-state index is 13.5. The smallest absolute Gasteiger partial charge is 0.289 e. The summed E-state index contributed by atoms with van der Waals surface area (Å²) < 4.78 is 5.92. The third-order valence-electron chi connectivity index (χ3n) is 8.28. The van der Waals surface area contributed by atoms with E-state index in [-0.39, 0.29) is 36.2 Å². The number of carbonyl (C=O) groups excluding carboxylic acids is 2. The van der Waals surface area contributed by atoms with Gasteiger partial charge >= 0.3 is 0 Å². The highest BCUT2D eigenvalue weighted by molar-refractivity contribution is 5.98. The van der Waals surface area contributed by atoms with Crippen LogP contribution in [0.15, 0.2) is 36.7 Å². The fourth-order valence-electron chi connectivity index (χ4n) is 6.19. The van der Waals surface area contributed by atoms with Gasteiger partial charge in [-0.05, 0) is 24.0 Å². The van der Waals surface area contributed by atoms with Crippen LogP contribution in [0.5, 0.6) is 5.75 Å². The molecule has 8 N–H and O–H groups in total. The lowest BCUT2D eigenvalue weighted by Crippen LogP contribution is -2.78. The molecular weight excluding hydrogens is 516 g/mol. The first-order valence-electron chi connectivity index (χ1n) is 13.2. The SMILES string of the molecule is CC1(C)CCOc2c(C(=O)NC3CN4C(=N)N[C@@H](CNC(=O)c5ncccn5)[C@@H]5NC(=N)NC54[C@@H]3O)cccc21. The molecule has 14 heteroatoms. The Morgan fingerprint density at radius 2 is 1.95 bits per heavy atom. The Morgan fingerprint density at radius 3 is 2.73 bits per heavy atom. The third kappa shape index (κ3) is 3.97. The van der Waals surface area contributed by atoms with Crippen LogP contribution in [0, 0.1) is 10.8 Å². The predicted octanol–water partition coefficient (Wildman–Crippen LogP) is -1.16. The van der Waals surface area contributed by atoms with Crippen molar-refractivity contribution in [3.8, 4) is 5.75 Å². The van der Waals surface area contributed by atoms with E-state index in [2.05, 4.69) is 50.4 Å². The average Bonchev–Trinajstić information content (AvgIpc) is 3.43. The van der Waals surface area contributed by atoms with Crippen LogP contribution >= 0.6 is 0 Å². The Kier molecular flexibility index (Phi) is 6.02. The van der Waals surface area contributed by atoms with E-state index in [4.69, 9.17) is 15.6 Å². The van der Waals surface area contributed by atoms with Crippen molar-refractivity contribution in [3.05, 3.63) is 53.6 Å². The molecule has 1 aromatic carbocycles. The van der Waals surface area contributed by atoms with Gasteiger partial charge in [0, 0.05) is 31.0 Å². The van der Waals surface area contributed by atoms with Gasteiger partial charge in [-0.2, -0.15) is 0 Å². The van der Waals surface area contributed by atoms with Gasteiger partial charge in [0.15, 0.2) is 17.6 Å². The minimum absolute atomic E-state index is 0.00608. The van der Waals surface area contributed by atoms with Gasteiger partial charge in [-0.1, -0.05) is 26.0 Å². The fourth-order valence-corrected chi connectivity index (χ4v) is 6.19. The van der Waals surface area contributed by atoms with Crippen LogP contribution in [0.1, 0.15) is 46.8 Å². The lowest BCUT2D eigenvalue weighted by atomic mass is 9.79. The second-order valence-corrected chi connectivity index (χ2v) is 11.1. The van der Waals surface area contributed by atoms with E-state index in [1.165, 1.54) is 12.4 Å². The summed E-state index contributed by atoms with van der Waals surface area (Å²) in [5.74, 6) is -0.359. The highest BCUT2D eigenvalue weighted by atomic mass is 16.5. The third-order valence-corrected chi connectivity index (χ3v) is 8.28. The molecule has 0 bridgehead atoms. The minimum Gasteiger partial charge on any atom is -0.492 e. The number of hydrogen-bond donors (Lipinski definition) is 8. The first kappa shape index (κ1) is 25.8. The summed E-state index contributed by atoms with van der Waals surface area (Å²) in [7, 11) is 0. The first-order chi connectivity index (χ1) is 19.1. The van der Waals surface area contributed by atoms with Crippen molar-refractivity contribution in [1.82, 2.24) is 41.5 Å². The maximum Gasteiger partial charge on any atom is 0.289 e. The number of amides is 2. The Bertz CT molecular complexity index is 1380. The molecule has 4 aliphatic rings. The normalized spacial score (nSPS) is 29.5. The highest BCUT2D eigenvalue weighted by Crippen LogP contribution is 2.41. The van der Waals surface area contributed by atoms with E-state index in [1.807, 2.05) is 12.1 Å². The van der Waals surface area contributed by atoms with E-state index in [0.717, 1.165) is 12.0 Å². The number of aliphatic hydroxyl groups is 1. The van der Waals surface area contributed by atoms with Gasteiger partial charge in [-0.25, -0.2) is 9.97 Å². The zero-order chi connectivity index (χ0) is 28.2. The summed E-state index contributed by atoms with van der Waals surface area (Å²) in [4.78, 5) is 35.6.